The number of hydrogen-bond donors (Lipinski definition) is 0. The molecule has 1 unspecified atom stereocenters. The minimum Gasteiger partial charge on any atom is -0.325 e. The van der Waals surface area contributed by atoms with E-state index >= 15 is 0 Å². The Hall–Kier alpha value is -2.73. The maximum atomic E-state index is 13.7. The first-order valence-electron chi connectivity index (χ1n) is 10.4. The summed E-state index contributed by atoms with van der Waals surface area (Å²) in [6.07, 6.45) is 3.30. The van der Waals surface area contributed by atoms with Crippen molar-refractivity contribution in [3.8, 4) is 0 Å². The molecule has 0 N–H and O–H groups in total. The number of halogens is 1. The van der Waals surface area contributed by atoms with Crippen molar-refractivity contribution in [2.75, 3.05) is 4.90 Å². The van der Waals surface area contributed by atoms with Gasteiger partial charge in [-0.25, -0.2) is 4.90 Å². The molecular formula is C24H26ClN3O3. The number of carbonyl (C=O) groups is 3. The van der Waals surface area contributed by atoms with Crippen LogP contribution in [0.15, 0.2) is 48.8 Å². The fourth-order valence-corrected chi connectivity index (χ4v) is 4.86. The molecule has 1 saturated carbocycles. The molecule has 2 fully saturated rings. The van der Waals surface area contributed by atoms with E-state index in [0.29, 0.717) is 10.7 Å². The van der Waals surface area contributed by atoms with Gasteiger partial charge in [0.1, 0.15) is 6.04 Å². The largest absolute Gasteiger partial charge is 0.325 e. The van der Waals surface area contributed by atoms with Crippen LogP contribution in [-0.2, 0) is 20.9 Å². The molecule has 3 amide bonds. The Kier molecular flexibility index (Phi) is 5.16. The molecule has 1 aliphatic heterocycles. The van der Waals surface area contributed by atoms with Crippen LogP contribution in [0.4, 0.5) is 5.69 Å². The van der Waals surface area contributed by atoms with Gasteiger partial charge in [0.25, 0.3) is 5.91 Å². The molecular weight excluding hydrogens is 414 g/mol. The first-order chi connectivity index (χ1) is 14.6. The van der Waals surface area contributed by atoms with Crippen LogP contribution in [0.3, 0.4) is 0 Å². The fraction of sp³-hybridized carbons (Fsp3) is 0.417. The molecule has 1 atom stereocenters. The molecule has 0 bridgehead atoms. The van der Waals surface area contributed by atoms with Gasteiger partial charge < -0.3 is 4.90 Å². The monoisotopic (exact) mass is 439 g/mol. The molecule has 31 heavy (non-hydrogen) atoms. The lowest BCUT2D eigenvalue weighted by Crippen LogP contribution is -2.46. The average Bonchev–Trinajstić information content (AvgIpc) is 2.96. The topological polar surface area (TPSA) is 70.6 Å². The van der Waals surface area contributed by atoms with Gasteiger partial charge in [0.2, 0.25) is 11.8 Å². The minimum atomic E-state index is -0.844. The van der Waals surface area contributed by atoms with E-state index in [0.717, 1.165) is 10.5 Å². The SMILES string of the molecule is CC1(C)C(C(=O)N(Cc2cccnc2)C2CC(=O)N(c3ccc(Cl)cc3)C2=O)C1(C)C. The third-order valence-electron chi connectivity index (χ3n) is 7.21. The lowest BCUT2D eigenvalue weighted by Gasteiger charge is -2.28. The van der Waals surface area contributed by atoms with E-state index in [2.05, 4.69) is 32.7 Å². The number of amides is 3. The summed E-state index contributed by atoms with van der Waals surface area (Å²) in [5.41, 5.74) is 0.914. The highest BCUT2D eigenvalue weighted by atomic mass is 35.5. The number of rotatable bonds is 5. The fourth-order valence-electron chi connectivity index (χ4n) is 4.73. The summed E-state index contributed by atoms with van der Waals surface area (Å²) in [4.78, 5) is 46.7. The van der Waals surface area contributed by atoms with Crippen molar-refractivity contribution in [3.63, 3.8) is 0 Å². The maximum Gasteiger partial charge on any atom is 0.257 e. The summed E-state index contributed by atoms with van der Waals surface area (Å²) < 4.78 is 0. The zero-order chi connectivity index (χ0) is 22.6. The molecule has 2 aromatic rings. The van der Waals surface area contributed by atoms with E-state index in [1.54, 1.807) is 47.6 Å². The van der Waals surface area contributed by atoms with Crippen LogP contribution < -0.4 is 4.90 Å². The van der Waals surface area contributed by atoms with Gasteiger partial charge in [-0.1, -0.05) is 45.4 Å². The van der Waals surface area contributed by atoms with Gasteiger partial charge in [0.15, 0.2) is 0 Å². The van der Waals surface area contributed by atoms with Crippen molar-refractivity contribution in [1.29, 1.82) is 0 Å². The number of nitrogens with zero attached hydrogens (tertiary/aromatic N) is 3. The summed E-state index contributed by atoms with van der Waals surface area (Å²) in [5.74, 6) is -1.02. The van der Waals surface area contributed by atoms with Gasteiger partial charge >= 0.3 is 0 Å². The predicted molar refractivity (Wildman–Crippen MR) is 118 cm³/mol. The molecule has 1 aromatic carbocycles. The minimum absolute atomic E-state index is 0.0406. The first kappa shape index (κ1) is 21.5. The number of carbonyl (C=O) groups excluding carboxylic acids is 3. The van der Waals surface area contributed by atoms with Gasteiger partial charge in [0.05, 0.1) is 12.1 Å². The van der Waals surface area contributed by atoms with E-state index in [9.17, 15) is 14.4 Å². The number of benzene rings is 1. The van der Waals surface area contributed by atoms with Crippen LogP contribution in [-0.4, -0.2) is 33.6 Å². The number of imide groups is 1. The van der Waals surface area contributed by atoms with Crippen molar-refractivity contribution >= 4 is 35.0 Å². The summed E-state index contributed by atoms with van der Waals surface area (Å²) >= 11 is 5.95. The molecule has 1 aliphatic carbocycles. The zero-order valence-electron chi connectivity index (χ0n) is 18.1. The quantitative estimate of drug-likeness (QED) is 0.658. The molecule has 1 aromatic heterocycles. The van der Waals surface area contributed by atoms with Gasteiger partial charge in [-0.2, -0.15) is 0 Å². The molecule has 2 aliphatic rings. The van der Waals surface area contributed by atoms with Gasteiger partial charge in [-0.15, -0.1) is 0 Å². The Morgan fingerprint density at radius 1 is 1.13 bits per heavy atom. The normalized spacial score (nSPS) is 22.0. The molecule has 2 heterocycles. The third-order valence-corrected chi connectivity index (χ3v) is 7.46. The highest BCUT2D eigenvalue weighted by molar-refractivity contribution is 6.30. The second-order valence-corrected chi connectivity index (χ2v) is 9.90. The van der Waals surface area contributed by atoms with Crippen molar-refractivity contribution in [2.45, 2.75) is 46.7 Å². The van der Waals surface area contributed by atoms with Crippen LogP contribution in [0.2, 0.25) is 5.02 Å². The van der Waals surface area contributed by atoms with Gasteiger partial charge in [-0.3, -0.25) is 19.4 Å². The van der Waals surface area contributed by atoms with Crippen molar-refractivity contribution in [2.24, 2.45) is 16.7 Å². The molecule has 0 spiro atoms. The van der Waals surface area contributed by atoms with E-state index in [1.165, 1.54) is 0 Å². The van der Waals surface area contributed by atoms with Crippen molar-refractivity contribution in [1.82, 2.24) is 9.88 Å². The summed E-state index contributed by atoms with van der Waals surface area (Å²) in [6.45, 7) is 8.51. The Bertz CT molecular complexity index is 1020. The molecule has 1 saturated heterocycles. The second-order valence-electron chi connectivity index (χ2n) is 9.47. The molecule has 0 radical (unpaired) electrons. The molecule has 4 rings (SSSR count). The van der Waals surface area contributed by atoms with Crippen molar-refractivity contribution in [3.05, 3.63) is 59.4 Å². The third kappa shape index (κ3) is 3.53. The number of anilines is 1. The number of hydrogen-bond acceptors (Lipinski definition) is 4. The van der Waals surface area contributed by atoms with E-state index in [4.69, 9.17) is 11.6 Å². The lowest BCUT2D eigenvalue weighted by atomic mass is 10.0. The Morgan fingerprint density at radius 2 is 1.77 bits per heavy atom. The van der Waals surface area contributed by atoms with E-state index < -0.39 is 6.04 Å². The first-order valence-corrected chi connectivity index (χ1v) is 10.8. The van der Waals surface area contributed by atoms with Crippen LogP contribution in [0.25, 0.3) is 0 Å². The summed E-state index contributed by atoms with van der Waals surface area (Å²) in [5, 5.41) is 0.519. The van der Waals surface area contributed by atoms with Crippen LogP contribution in [0, 0.1) is 16.7 Å². The van der Waals surface area contributed by atoms with Crippen LogP contribution >= 0.6 is 11.6 Å². The highest BCUT2D eigenvalue weighted by Gasteiger charge is 2.69. The predicted octanol–water partition coefficient (Wildman–Crippen LogP) is 4.08. The van der Waals surface area contributed by atoms with Crippen LogP contribution in [0.1, 0.15) is 39.7 Å². The van der Waals surface area contributed by atoms with Gasteiger partial charge in [-0.05, 0) is 46.7 Å². The lowest BCUT2D eigenvalue weighted by molar-refractivity contribution is -0.141. The molecule has 6 nitrogen and oxygen atoms in total. The summed E-state index contributed by atoms with van der Waals surface area (Å²) in [7, 11) is 0. The summed E-state index contributed by atoms with van der Waals surface area (Å²) in [6, 6.07) is 9.38. The maximum absolute atomic E-state index is 13.7. The highest BCUT2D eigenvalue weighted by Crippen LogP contribution is 2.69. The van der Waals surface area contributed by atoms with E-state index in [1.807, 2.05) is 6.07 Å². The number of pyridine rings is 1. The van der Waals surface area contributed by atoms with Gasteiger partial charge in [0, 0.05) is 29.9 Å². The standard InChI is InChI=1S/C24H26ClN3O3/c1-23(2)20(24(23,3)4)22(31)27(14-15-6-5-11-26-13-15)18-12-19(29)28(21(18)30)17-9-7-16(25)8-10-17/h5-11,13,18,20H,12,14H2,1-4H3. The molecule has 7 heteroatoms. The number of aromatic nitrogens is 1. The zero-order valence-corrected chi connectivity index (χ0v) is 18.9. The smallest absolute Gasteiger partial charge is 0.257 e. The Balaban J connectivity index is 1.67. The average molecular weight is 440 g/mol. The Morgan fingerprint density at radius 3 is 2.32 bits per heavy atom. The van der Waals surface area contributed by atoms with E-state index in [-0.39, 0.29) is 47.4 Å². The van der Waals surface area contributed by atoms with Crippen molar-refractivity contribution < 1.29 is 14.4 Å². The van der Waals surface area contributed by atoms with Crippen LogP contribution in [0.5, 0.6) is 0 Å². The second kappa shape index (κ2) is 7.45. The Labute approximate surface area is 187 Å². The molecule has 162 valence electrons.